The maximum Gasteiger partial charge on any atom is 0.331 e. The number of carbonyl (C=O) groups is 3. The Labute approximate surface area is 220 Å². The first-order valence-corrected chi connectivity index (χ1v) is 12.9. The molecule has 10 nitrogen and oxygen atoms in total. The number of ether oxygens (including phenoxy) is 1. The Bertz CT molecular complexity index is 1330. The zero-order valence-electron chi connectivity index (χ0n) is 19.9. The van der Waals surface area contributed by atoms with Crippen LogP contribution in [0.15, 0.2) is 60.7 Å². The summed E-state index contributed by atoms with van der Waals surface area (Å²) in [5, 5.41) is 14.1. The van der Waals surface area contributed by atoms with Crippen molar-refractivity contribution in [2.24, 2.45) is 0 Å². The van der Waals surface area contributed by atoms with Crippen LogP contribution in [0.2, 0.25) is 0 Å². The summed E-state index contributed by atoms with van der Waals surface area (Å²) in [6.07, 6.45) is 0. The Morgan fingerprint density at radius 3 is 2.24 bits per heavy atom. The fraction of sp³-hybridized carbons (Fsp3) is 0.200. The molecule has 2 N–H and O–H groups in total. The van der Waals surface area contributed by atoms with E-state index in [1.807, 2.05) is 13.0 Å². The normalized spacial score (nSPS) is 12.1. The molecular formula is C25H23N4O6S2-. The lowest BCUT2D eigenvalue weighted by Gasteiger charge is -2.33. The van der Waals surface area contributed by atoms with Gasteiger partial charge in [-0.25, -0.2) is 4.79 Å². The predicted octanol–water partition coefficient (Wildman–Crippen LogP) is 3.14. The highest BCUT2D eigenvalue weighted by atomic mass is 32.2. The van der Waals surface area contributed by atoms with E-state index < -0.39 is 35.1 Å². The van der Waals surface area contributed by atoms with Gasteiger partial charge < -0.3 is 19.9 Å². The molecule has 0 aliphatic carbocycles. The monoisotopic (exact) mass is 539 g/mol. The lowest BCUT2D eigenvalue weighted by molar-refractivity contribution is -0.144. The molecule has 0 aliphatic rings. The van der Waals surface area contributed by atoms with Crippen molar-refractivity contribution in [1.29, 1.82) is 5.26 Å². The molecule has 0 bridgehead atoms. The molecule has 1 aromatic heterocycles. The molecule has 3 aromatic rings. The Morgan fingerprint density at radius 2 is 1.68 bits per heavy atom. The Balaban J connectivity index is 1.72. The maximum absolute atomic E-state index is 12.8. The molecule has 0 radical (unpaired) electrons. The fourth-order valence-electron chi connectivity index (χ4n) is 3.24. The molecular weight excluding hydrogens is 516 g/mol. The van der Waals surface area contributed by atoms with Crippen LogP contribution in [0.25, 0.3) is 0 Å². The number of esters is 1. The van der Waals surface area contributed by atoms with E-state index in [1.54, 1.807) is 55.5 Å². The van der Waals surface area contributed by atoms with Gasteiger partial charge in [0.25, 0.3) is 11.8 Å². The highest BCUT2D eigenvalue weighted by Crippen LogP contribution is 2.22. The second-order valence-electron chi connectivity index (χ2n) is 7.66. The summed E-state index contributed by atoms with van der Waals surface area (Å²) in [5.74, 6) is -1.84. The SMILES string of the molecule is CCOC(=O)C(CNC(=O)c1ccc(C(=O)Nc2ccc(C#N)cc2)s1)N(c1ccc(C)cc1)S(=O)[O-]. The van der Waals surface area contributed by atoms with Gasteiger partial charge in [0.05, 0.1) is 34.5 Å². The first kappa shape index (κ1) is 27.5. The van der Waals surface area contributed by atoms with Crippen LogP contribution in [0.3, 0.4) is 0 Å². The number of nitrogens with zero attached hydrogens (tertiary/aromatic N) is 2. The molecule has 0 aliphatic heterocycles. The second kappa shape index (κ2) is 12.8. The molecule has 0 spiro atoms. The third-order valence-corrected chi connectivity index (χ3v) is 6.94. The summed E-state index contributed by atoms with van der Waals surface area (Å²) in [4.78, 5) is 38.4. The predicted molar refractivity (Wildman–Crippen MR) is 139 cm³/mol. The van der Waals surface area contributed by atoms with Gasteiger partial charge in [-0.3, -0.25) is 18.1 Å². The topological polar surface area (TPSA) is 152 Å². The van der Waals surface area contributed by atoms with Crippen molar-refractivity contribution in [2.45, 2.75) is 19.9 Å². The molecule has 0 saturated heterocycles. The van der Waals surface area contributed by atoms with E-state index in [1.165, 1.54) is 12.1 Å². The van der Waals surface area contributed by atoms with Gasteiger partial charge in [-0.1, -0.05) is 17.7 Å². The number of rotatable bonds is 10. The van der Waals surface area contributed by atoms with Gasteiger partial charge >= 0.3 is 5.97 Å². The van der Waals surface area contributed by atoms with Gasteiger partial charge in [-0.2, -0.15) is 5.26 Å². The standard InChI is InChI=1S/C25H24N4O6S2/c1-3-35-25(32)20(29(37(33)34)19-10-4-16(2)5-11-19)15-27-23(30)21-12-13-22(36-21)24(31)28-18-8-6-17(14-26)7-9-18/h4-13,20H,3,15H2,1-2H3,(H,27,30)(H,28,31)(H,33,34)/p-1. The van der Waals surface area contributed by atoms with Gasteiger partial charge in [-0.15, -0.1) is 11.3 Å². The van der Waals surface area contributed by atoms with Crippen molar-refractivity contribution in [1.82, 2.24) is 5.32 Å². The molecule has 2 unspecified atom stereocenters. The highest BCUT2D eigenvalue weighted by molar-refractivity contribution is 7.80. The number of nitriles is 1. The third-order valence-electron chi connectivity index (χ3n) is 5.07. The minimum absolute atomic E-state index is 0.0269. The quantitative estimate of drug-likeness (QED) is 0.297. The molecule has 2 amide bonds. The average Bonchev–Trinajstić information content (AvgIpc) is 3.38. The van der Waals surface area contributed by atoms with Crippen molar-refractivity contribution < 1.29 is 27.9 Å². The highest BCUT2D eigenvalue weighted by Gasteiger charge is 2.30. The molecule has 1 heterocycles. The van der Waals surface area contributed by atoms with Crippen molar-refractivity contribution in [2.75, 3.05) is 22.8 Å². The van der Waals surface area contributed by atoms with Crippen LogP contribution >= 0.6 is 11.3 Å². The first-order valence-electron chi connectivity index (χ1n) is 11.0. The van der Waals surface area contributed by atoms with Crippen LogP contribution in [0, 0.1) is 18.3 Å². The lowest BCUT2D eigenvalue weighted by atomic mass is 10.2. The number of hydrogen-bond donors (Lipinski definition) is 2. The van der Waals surface area contributed by atoms with E-state index in [0.717, 1.165) is 21.2 Å². The Kier molecular flexibility index (Phi) is 9.51. The van der Waals surface area contributed by atoms with Gasteiger partial charge in [0.1, 0.15) is 0 Å². The molecule has 2 aromatic carbocycles. The lowest BCUT2D eigenvalue weighted by Crippen LogP contribution is -2.50. The van der Waals surface area contributed by atoms with E-state index in [0.29, 0.717) is 11.3 Å². The van der Waals surface area contributed by atoms with Gasteiger partial charge in [0, 0.05) is 22.6 Å². The summed E-state index contributed by atoms with van der Waals surface area (Å²) < 4.78 is 30.0. The van der Waals surface area contributed by atoms with Crippen LogP contribution in [-0.4, -0.2) is 45.7 Å². The molecule has 3 rings (SSSR count). The Hall–Kier alpha value is -4.05. The number of amides is 2. The molecule has 192 valence electrons. The van der Waals surface area contributed by atoms with E-state index in [-0.39, 0.29) is 28.6 Å². The van der Waals surface area contributed by atoms with Crippen LogP contribution in [-0.2, 0) is 20.8 Å². The van der Waals surface area contributed by atoms with E-state index in [4.69, 9.17) is 10.00 Å². The van der Waals surface area contributed by atoms with Crippen LogP contribution in [0.1, 0.15) is 37.4 Å². The van der Waals surface area contributed by atoms with E-state index in [9.17, 15) is 23.1 Å². The molecule has 37 heavy (non-hydrogen) atoms. The van der Waals surface area contributed by atoms with Crippen LogP contribution < -0.4 is 14.9 Å². The van der Waals surface area contributed by atoms with Gasteiger partial charge in [0.15, 0.2) is 6.04 Å². The van der Waals surface area contributed by atoms with Crippen LogP contribution in [0.5, 0.6) is 0 Å². The van der Waals surface area contributed by atoms with Crippen molar-refractivity contribution in [3.63, 3.8) is 0 Å². The number of benzene rings is 2. The summed E-state index contributed by atoms with van der Waals surface area (Å²) in [5.41, 5.74) is 2.08. The van der Waals surface area contributed by atoms with Crippen LogP contribution in [0.4, 0.5) is 11.4 Å². The minimum atomic E-state index is -2.84. The Morgan fingerprint density at radius 1 is 1.05 bits per heavy atom. The van der Waals surface area contributed by atoms with Gasteiger partial charge in [0.2, 0.25) is 0 Å². The molecule has 2 atom stereocenters. The van der Waals surface area contributed by atoms with Crippen molar-refractivity contribution >= 4 is 51.8 Å². The van der Waals surface area contributed by atoms with E-state index >= 15 is 0 Å². The molecule has 0 fully saturated rings. The maximum atomic E-state index is 12.8. The van der Waals surface area contributed by atoms with E-state index in [2.05, 4.69) is 10.6 Å². The average molecular weight is 540 g/mol. The minimum Gasteiger partial charge on any atom is -0.755 e. The number of nitrogens with one attached hydrogen (secondary N) is 2. The number of carbonyl (C=O) groups excluding carboxylic acids is 3. The summed E-state index contributed by atoms with van der Waals surface area (Å²) in [6, 6.07) is 16.4. The number of thiophene rings is 1. The largest absolute Gasteiger partial charge is 0.755 e. The second-order valence-corrected chi connectivity index (χ2v) is 9.57. The zero-order chi connectivity index (χ0) is 26.9. The number of hydrogen-bond acceptors (Lipinski definition) is 8. The molecule has 0 saturated carbocycles. The number of aryl methyl sites for hydroxylation is 1. The summed E-state index contributed by atoms with van der Waals surface area (Å²) in [7, 11) is 0. The van der Waals surface area contributed by atoms with Crippen molar-refractivity contribution in [3.8, 4) is 6.07 Å². The summed E-state index contributed by atoms with van der Waals surface area (Å²) >= 11 is -1.90. The summed E-state index contributed by atoms with van der Waals surface area (Å²) in [6.45, 7) is 3.10. The molecule has 12 heteroatoms. The van der Waals surface area contributed by atoms with Gasteiger partial charge in [-0.05, 0) is 62.4 Å². The number of anilines is 2. The fourth-order valence-corrected chi connectivity index (χ4v) is 4.72. The first-order chi connectivity index (χ1) is 17.7. The smallest absolute Gasteiger partial charge is 0.331 e. The zero-order valence-corrected chi connectivity index (χ0v) is 21.6. The van der Waals surface area contributed by atoms with Crippen molar-refractivity contribution in [3.05, 3.63) is 81.5 Å². The third kappa shape index (κ3) is 7.23.